The number of anilines is 1. The Morgan fingerprint density at radius 2 is 2.47 bits per heavy atom. The van der Waals surface area contributed by atoms with Gasteiger partial charge in [-0.1, -0.05) is 0 Å². The van der Waals surface area contributed by atoms with Crippen LogP contribution in [-0.2, 0) is 17.7 Å². The molecule has 5 heteroatoms. The van der Waals surface area contributed by atoms with Crippen LogP contribution >= 0.6 is 11.3 Å². The van der Waals surface area contributed by atoms with Crippen LogP contribution in [0.1, 0.15) is 10.6 Å². The Labute approximate surface area is 94.3 Å². The van der Waals surface area contributed by atoms with Crippen molar-refractivity contribution in [3.63, 3.8) is 0 Å². The molecule has 2 rings (SSSR count). The van der Waals surface area contributed by atoms with E-state index in [9.17, 15) is 0 Å². The largest absolute Gasteiger partial charge is 0.383 e. The van der Waals surface area contributed by atoms with Crippen molar-refractivity contribution in [3.8, 4) is 0 Å². The van der Waals surface area contributed by atoms with Gasteiger partial charge in [-0.3, -0.25) is 0 Å². The Hall–Kier alpha value is -0.650. The maximum absolute atomic E-state index is 4.99. The van der Waals surface area contributed by atoms with Crippen molar-refractivity contribution in [2.45, 2.75) is 13.0 Å². The van der Waals surface area contributed by atoms with Gasteiger partial charge < -0.3 is 15.0 Å². The number of hydrogen-bond acceptors (Lipinski definition) is 5. The molecule has 0 amide bonds. The highest BCUT2D eigenvalue weighted by atomic mass is 32.1. The molecule has 1 aliphatic heterocycles. The topological polar surface area (TPSA) is 37.4 Å². The molecule has 0 bridgehead atoms. The average molecular weight is 227 g/mol. The van der Waals surface area contributed by atoms with Crippen LogP contribution < -0.4 is 5.32 Å². The normalized spacial score (nSPS) is 16.4. The molecule has 4 nitrogen and oxygen atoms in total. The van der Waals surface area contributed by atoms with Crippen LogP contribution in [-0.4, -0.2) is 43.7 Å². The lowest BCUT2D eigenvalue weighted by atomic mass is 10.2. The molecular weight excluding hydrogens is 210 g/mol. The number of thiazole rings is 1. The van der Waals surface area contributed by atoms with Gasteiger partial charge in [-0.2, -0.15) is 0 Å². The smallest absolute Gasteiger partial charge is 0.183 e. The summed E-state index contributed by atoms with van der Waals surface area (Å²) in [4.78, 5) is 8.32. The number of ether oxygens (including phenoxy) is 1. The molecule has 1 N–H and O–H groups in total. The first-order valence-electron chi connectivity index (χ1n) is 5.19. The predicted molar refractivity (Wildman–Crippen MR) is 62.5 cm³/mol. The number of fused-ring (bicyclic) bond motifs is 1. The van der Waals surface area contributed by atoms with Gasteiger partial charge in [-0.05, 0) is 7.05 Å². The van der Waals surface area contributed by atoms with Crippen molar-refractivity contribution in [3.05, 3.63) is 10.6 Å². The van der Waals surface area contributed by atoms with Crippen molar-refractivity contribution in [2.75, 3.05) is 39.2 Å². The highest BCUT2D eigenvalue weighted by Crippen LogP contribution is 2.27. The van der Waals surface area contributed by atoms with Crippen LogP contribution in [0.15, 0.2) is 0 Å². The van der Waals surface area contributed by atoms with Gasteiger partial charge in [0.05, 0.1) is 12.3 Å². The van der Waals surface area contributed by atoms with Crippen molar-refractivity contribution >= 4 is 16.5 Å². The van der Waals surface area contributed by atoms with Crippen LogP contribution in [0.2, 0.25) is 0 Å². The fourth-order valence-corrected chi connectivity index (χ4v) is 2.77. The van der Waals surface area contributed by atoms with E-state index in [0.717, 1.165) is 37.8 Å². The van der Waals surface area contributed by atoms with Crippen molar-refractivity contribution in [2.24, 2.45) is 0 Å². The fraction of sp³-hybridized carbons (Fsp3) is 0.700. The van der Waals surface area contributed by atoms with E-state index in [1.54, 1.807) is 18.4 Å². The first kappa shape index (κ1) is 10.9. The summed E-state index contributed by atoms with van der Waals surface area (Å²) in [5.41, 5.74) is 1.28. The molecule has 0 fully saturated rings. The van der Waals surface area contributed by atoms with Gasteiger partial charge in [0.25, 0.3) is 0 Å². The Kier molecular flexibility index (Phi) is 3.56. The molecule has 0 atom stereocenters. The lowest BCUT2D eigenvalue weighted by molar-refractivity contribution is 0.211. The molecule has 0 aliphatic carbocycles. The number of likely N-dealkylation sites (N-methyl/N-ethyl adjacent to an activating group) is 1. The standard InChI is InChI=1S/C10H17N3OS/c1-13-5-3-8-9(7-13)15-10(12-8)11-4-6-14-2/h3-7H2,1-2H3,(H,11,12). The van der Waals surface area contributed by atoms with Gasteiger partial charge in [0.1, 0.15) is 0 Å². The molecule has 0 aromatic carbocycles. The first-order chi connectivity index (χ1) is 7.29. The molecule has 1 aliphatic rings. The summed E-state index contributed by atoms with van der Waals surface area (Å²) in [5.74, 6) is 0. The fourth-order valence-electron chi connectivity index (χ4n) is 1.66. The zero-order chi connectivity index (χ0) is 10.7. The molecule has 0 saturated heterocycles. The third-order valence-electron chi connectivity index (χ3n) is 2.50. The lowest BCUT2D eigenvalue weighted by Crippen LogP contribution is -2.25. The van der Waals surface area contributed by atoms with Crippen molar-refractivity contribution < 1.29 is 4.74 Å². The molecule has 0 spiro atoms. The van der Waals surface area contributed by atoms with E-state index >= 15 is 0 Å². The molecule has 0 unspecified atom stereocenters. The molecule has 84 valence electrons. The zero-order valence-corrected chi connectivity index (χ0v) is 10.1. The molecule has 2 heterocycles. The van der Waals surface area contributed by atoms with E-state index in [4.69, 9.17) is 4.74 Å². The molecule has 0 saturated carbocycles. The summed E-state index contributed by atoms with van der Waals surface area (Å²) in [6.07, 6.45) is 1.08. The van der Waals surface area contributed by atoms with Gasteiger partial charge in [-0.25, -0.2) is 4.98 Å². The van der Waals surface area contributed by atoms with Gasteiger partial charge in [0, 0.05) is 38.0 Å². The summed E-state index contributed by atoms with van der Waals surface area (Å²) >= 11 is 1.77. The maximum atomic E-state index is 4.99. The molecule has 15 heavy (non-hydrogen) atoms. The van der Waals surface area contributed by atoms with Crippen LogP contribution in [0, 0.1) is 0 Å². The third kappa shape index (κ3) is 2.68. The highest BCUT2D eigenvalue weighted by molar-refractivity contribution is 7.15. The van der Waals surface area contributed by atoms with Crippen LogP contribution in [0.5, 0.6) is 0 Å². The summed E-state index contributed by atoms with van der Waals surface area (Å²) in [6.45, 7) is 3.72. The minimum atomic E-state index is 0.726. The van der Waals surface area contributed by atoms with Crippen LogP contribution in [0.4, 0.5) is 5.13 Å². The quantitative estimate of drug-likeness (QED) is 0.784. The van der Waals surface area contributed by atoms with E-state index in [1.807, 2.05) is 0 Å². The first-order valence-corrected chi connectivity index (χ1v) is 6.01. The number of methoxy groups -OCH3 is 1. The maximum Gasteiger partial charge on any atom is 0.183 e. The number of nitrogens with zero attached hydrogens (tertiary/aromatic N) is 2. The number of aromatic nitrogens is 1. The Bertz CT molecular complexity index is 326. The number of rotatable bonds is 4. The predicted octanol–water partition coefficient (Wildman–Crippen LogP) is 1.19. The SMILES string of the molecule is COCCNc1nc2c(s1)CN(C)CC2. The third-order valence-corrected chi connectivity index (χ3v) is 3.54. The van der Waals surface area contributed by atoms with E-state index in [0.29, 0.717) is 0 Å². The Morgan fingerprint density at radius 3 is 3.27 bits per heavy atom. The van der Waals surface area contributed by atoms with Crippen molar-refractivity contribution in [1.82, 2.24) is 9.88 Å². The molecule has 0 radical (unpaired) electrons. The van der Waals surface area contributed by atoms with Gasteiger partial charge >= 0.3 is 0 Å². The second kappa shape index (κ2) is 4.92. The monoisotopic (exact) mass is 227 g/mol. The van der Waals surface area contributed by atoms with E-state index in [2.05, 4.69) is 22.2 Å². The summed E-state index contributed by atoms with van der Waals surface area (Å²) in [5, 5.41) is 4.32. The zero-order valence-electron chi connectivity index (χ0n) is 9.25. The Morgan fingerprint density at radius 1 is 1.60 bits per heavy atom. The second-order valence-corrected chi connectivity index (χ2v) is 4.88. The van der Waals surface area contributed by atoms with Gasteiger partial charge in [0.15, 0.2) is 5.13 Å². The lowest BCUT2D eigenvalue weighted by Gasteiger charge is -2.20. The Balaban J connectivity index is 1.96. The van der Waals surface area contributed by atoms with Gasteiger partial charge in [0.2, 0.25) is 0 Å². The summed E-state index contributed by atoms with van der Waals surface area (Å²) < 4.78 is 4.99. The summed E-state index contributed by atoms with van der Waals surface area (Å²) in [7, 11) is 3.87. The van der Waals surface area contributed by atoms with Crippen LogP contribution in [0.25, 0.3) is 0 Å². The average Bonchev–Trinajstić information content (AvgIpc) is 2.60. The van der Waals surface area contributed by atoms with Gasteiger partial charge in [-0.15, -0.1) is 11.3 Å². The number of hydrogen-bond donors (Lipinski definition) is 1. The van der Waals surface area contributed by atoms with Crippen molar-refractivity contribution in [1.29, 1.82) is 0 Å². The number of nitrogens with one attached hydrogen (secondary N) is 1. The highest BCUT2D eigenvalue weighted by Gasteiger charge is 2.17. The second-order valence-electron chi connectivity index (χ2n) is 3.80. The molecule has 1 aromatic heterocycles. The molecular formula is C10H17N3OS. The molecule has 1 aromatic rings. The minimum absolute atomic E-state index is 0.726. The minimum Gasteiger partial charge on any atom is -0.383 e. The van der Waals surface area contributed by atoms with E-state index in [1.165, 1.54) is 10.6 Å². The van der Waals surface area contributed by atoms with Crippen LogP contribution in [0.3, 0.4) is 0 Å². The van der Waals surface area contributed by atoms with E-state index in [-0.39, 0.29) is 0 Å². The summed E-state index contributed by atoms with van der Waals surface area (Å²) in [6, 6.07) is 0. The van der Waals surface area contributed by atoms with E-state index < -0.39 is 0 Å².